The Morgan fingerprint density at radius 3 is 2.71 bits per heavy atom. The number of nitrogens with zero attached hydrogens (tertiary/aromatic N) is 1. The summed E-state index contributed by atoms with van der Waals surface area (Å²) in [5.74, 6) is 0.277. The lowest BCUT2D eigenvalue weighted by Gasteiger charge is -2.38. The van der Waals surface area contributed by atoms with E-state index in [0.717, 1.165) is 12.8 Å². The molecule has 1 aliphatic rings. The summed E-state index contributed by atoms with van der Waals surface area (Å²) in [6, 6.07) is 4.53. The Morgan fingerprint density at radius 2 is 2.14 bits per heavy atom. The van der Waals surface area contributed by atoms with Crippen LogP contribution >= 0.6 is 39.9 Å². The molecular weight excluding hydrogens is 399 g/mol. The van der Waals surface area contributed by atoms with Crippen LogP contribution in [-0.2, 0) is 10.0 Å². The molecule has 0 spiro atoms. The molecule has 2 rings (SSSR count). The van der Waals surface area contributed by atoms with E-state index in [9.17, 15) is 8.42 Å². The Bertz CT molecular complexity index is 598. The first-order valence-electron chi connectivity index (χ1n) is 6.55. The predicted molar refractivity (Wildman–Crippen MR) is 91.5 cm³/mol. The highest BCUT2D eigenvalue weighted by Crippen LogP contribution is 2.31. The Balaban J connectivity index is 0.00000220. The topological polar surface area (TPSA) is 63.4 Å². The fourth-order valence-corrected chi connectivity index (χ4v) is 5.08. The van der Waals surface area contributed by atoms with Gasteiger partial charge >= 0.3 is 0 Å². The molecule has 2 unspecified atom stereocenters. The maximum Gasteiger partial charge on any atom is 0.243 e. The van der Waals surface area contributed by atoms with Crippen molar-refractivity contribution in [3.8, 4) is 0 Å². The molecule has 8 heteroatoms. The molecule has 1 fully saturated rings. The van der Waals surface area contributed by atoms with E-state index in [4.69, 9.17) is 17.3 Å². The van der Waals surface area contributed by atoms with Crippen molar-refractivity contribution < 1.29 is 8.42 Å². The van der Waals surface area contributed by atoms with Crippen molar-refractivity contribution in [2.24, 2.45) is 11.7 Å². The number of rotatable bonds is 3. The summed E-state index contributed by atoms with van der Waals surface area (Å²) in [5, 5.41) is 0.492. The minimum Gasteiger partial charge on any atom is -0.329 e. The van der Waals surface area contributed by atoms with Crippen molar-refractivity contribution in [1.82, 2.24) is 4.31 Å². The van der Waals surface area contributed by atoms with Gasteiger partial charge < -0.3 is 5.73 Å². The van der Waals surface area contributed by atoms with Crippen LogP contribution in [0.2, 0.25) is 5.02 Å². The molecule has 0 aromatic heterocycles. The maximum absolute atomic E-state index is 12.8. The molecule has 0 amide bonds. The Hall–Kier alpha value is 0.150. The molecule has 0 radical (unpaired) electrons. The first kappa shape index (κ1) is 19.2. The highest BCUT2D eigenvalue weighted by Gasteiger charge is 2.36. The molecule has 1 saturated heterocycles. The van der Waals surface area contributed by atoms with Crippen molar-refractivity contribution in [3.63, 3.8) is 0 Å². The molecule has 0 saturated carbocycles. The van der Waals surface area contributed by atoms with E-state index in [-0.39, 0.29) is 29.3 Å². The van der Waals surface area contributed by atoms with Gasteiger partial charge in [0.15, 0.2) is 0 Å². The third kappa shape index (κ3) is 3.92. The van der Waals surface area contributed by atoms with E-state index in [0.29, 0.717) is 22.6 Å². The minimum absolute atomic E-state index is 0. The van der Waals surface area contributed by atoms with Gasteiger partial charge in [0.25, 0.3) is 0 Å². The fourth-order valence-electron chi connectivity index (χ4n) is 2.63. The monoisotopic (exact) mass is 416 g/mol. The lowest BCUT2D eigenvalue weighted by atomic mass is 9.93. The average Bonchev–Trinajstić information content (AvgIpc) is 2.41. The summed E-state index contributed by atoms with van der Waals surface area (Å²) in [5.41, 5.74) is 5.78. The molecule has 2 N–H and O–H groups in total. The standard InChI is InChI=1S/C13H18BrClN2O2S.ClH/c1-9-3-2-6-17(13(9)8-16)20(18,19)10-4-5-12(15)11(14)7-10;/h4-5,7,9,13H,2-3,6,8,16H2,1H3;1H. The van der Waals surface area contributed by atoms with Gasteiger partial charge in [-0.25, -0.2) is 8.42 Å². The molecule has 0 aliphatic carbocycles. The van der Waals surface area contributed by atoms with E-state index >= 15 is 0 Å². The molecule has 1 aromatic rings. The van der Waals surface area contributed by atoms with E-state index in [2.05, 4.69) is 22.9 Å². The maximum atomic E-state index is 12.8. The quantitative estimate of drug-likeness (QED) is 0.820. The lowest BCUT2D eigenvalue weighted by Crippen LogP contribution is -2.51. The van der Waals surface area contributed by atoms with Gasteiger partial charge in [0.2, 0.25) is 10.0 Å². The van der Waals surface area contributed by atoms with Crippen molar-refractivity contribution in [2.45, 2.75) is 30.7 Å². The van der Waals surface area contributed by atoms with Gasteiger partial charge in [-0.1, -0.05) is 18.5 Å². The van der Waals surface area contributed by atoms with E-state index in [1.54, 1.807) is 12.1 Å². The predicted octanol–water partition coefficient (Wildman–Crippen LogP) is 3.27. The zero-order valence-electron chi connectivity index (χ0n) is 11.6. The Labute approximate surface area is 145 Å². The van der Waals surface area contributed by atoms with Crippen LogP contribution in [0.5, 0.6) is 0 Å². The Morgan fingerprint density at radius 1 is 1.48 bits per heavy atom. The van der Waals surface area contributed by atoms with Crippen LogP contribution in [0.4, 0.5) is 0 Å². The van der Waals surface area contributed by atoms with Crippen molar-refractivity contribution in [2.75, 3.05) is 13.1 Å². The van der Waals surface area contributed by atoms with Crippen LogP contribution in [0.25, 0.3) is 0 Å². The third-order valence-electron chi connectivity index (χ3n) is 3.80. The molecular formula is C13H19BrCl2N2O2S. The van der Waals surface area contributed by atoms with Crippen LogP contribution in [0.15, 0.2) is 27.6 Å². The van der Waals surface area contributed by atoms with Gasteiger partial charge in [0, 0.05) is 23.6 Å². The molecule has 21 heavy (non-hydrogen) atoms. The molecule has 4 nitrogen and oxygen atoms in total. The fraction of sp³-hybridized carbons (Fsp3) is 0.538. The molecule has 1 aromatic carbocycles. The highest BCUT2D eigenvalue weighted by molar-refractivity contribution is 9.10. The van der Waals surface area contributed by atoms with Crippen molar-refractivity contribution in [1.29, 1.82) is 0 Å². The van der Waals surface area contributed by atoms with Gasteiger partial charge in [-0.15, -0.1) is 12.4 Å². The molecule has 1 heterocycles. The molecule has 0 bridgehead atoms. The summed E-state index contributed by atoms with van der Waals surface area (Å²) < 4.78 is 27.7. The Kier molecular flexibility index (Phi) is 6.96. The number of piperidine rings is 1. The zero-order chi connectivity index (χ0) is 14.9. The lowest BCUT2D eigenvalue weighted by molar-refractivity contribution is 0.192. The van der Waals surface area contributed by atoms with Gasteiger partial charge in [0.1, 0.15) is 0 Å². The second-order valence-corrected chi connectivity index (χ2v) is 8.27. The van der Waals surface area contributed by atoms with Gasteiger partial charge in [-0.2, -0.15) is 4.31 Å². The van der Waals surface area contributed by atoms with Crippen LogP contribution in [0.1, 0.15) is 19.8 Å². The second kappa shape index (κ2) is 7.62. The highest BCUT2D eigenvalue weighted by atomic mass is 79.9. The summed E-state index contributed by atoms with van der Waals surface area (Å²) in [4.78, 5) is 0.251. The van der Waals surface area contributed by atoms with Crippen molar-refractivity contribution >= 4 is 50.0 Å². The third-order valence-corrected chi connectivity index (χ3v) is 6.94. The number of halogens is 3. The molecule has 120 valence electrons. The number of hydrogen-bond donors (Lipinski definition) is 1. The average molecular weight is 418 g/mol. The van der Waals surface area contributed by atoms with Crippen LogP contribution < -0.4 is 5.73 Å². The first-order chi connectivity index (χ1) is 9.37. The van der Waals surface area contributed by atoms with Gasteiger partial charge in [-0.05, 0) is 52.9 Å². The largest absolute Gasteiger partial charge is 0.329 e. The molecule has 2 atom stereocenters. The van der Waals surface area contributed by atoms with E-state index < -0.39 is 10.0 Å². The van der Waals surface area contributed by atoms with Crippen LogP contribution in [-0.4, -0.2) is 31.9 Å². The number of sulfonamides is 1. The normalized spacial score (nSPS) is 23.6. The second-order valence-electron chi connectivity index (χ2n) is 5.11. The van der Waals surface area contributed by atoms with Crippen molar-refractivity contribution in [3.05, 3.63) is 27.7 Å². The van der Waals surface area contributed by atoms with Crippen LogP contribution in [0.3, 0.4) is 0 Å². The summed E-state index contributed by atoms with van der Waals surface area (Å²) in [6.07, 6.45) is 1.88. The van der Waals surface area contributed by atoms with Gasteiger partial charge in [-0.3, -0.25) is 0 Å². The summed E-state index contributed by atoms with van der Waals surface area (Å²) >= 11 is 9.19. The number of hydrogen-bond acceptors (Lipinski definition) is 3. The molecule has 1 aliphatic heterocycles. The van der Waals surface area contributed by atoms with Gasteiger partial charge in [0.05, 0.1) is 9.92 Å². The minimum atomic E-state index is -3.53. The first-order valence-corrected chi connectivity index (χ1v) is 9.16. The number of benzene rings is 1. The van der Waals surface area contributed by atoms with E-state index in [1.165, 1.54) is 10.4 Å². The summed E-state index contributed by atoms with van der Waals surface area (Å²) in [7, 11) is -3.53. The smallest absolute Gasteiger partial charge is 0.243 e. The SMILES string of the molecule is CC1CCCN(S(=O)(=O)c2ccc(Cl)c(Br)c2)C1CN.Cl. The summed E-state index contributed by atoms with van der Waals surface area (Å²) in [6.45, 7) is 2.92. The zero-order valence-corrected chi connectivity index (χ0v) is 15.6. The van der Waals surface area contributed by atoms with Crippen LogP contribution in [0, 0.1) is 5.92 Å². The van der Waals surface area contributed by atoms with E-state index in [1.807, 2.05) is 0 Å². The number of nitrogens with two attached hydrogens (primary N) is 1.